The average molecular weight is 415 g/mol. The highest BCUT2D eigenvalue weighted by Crippen LogP contribution is 2.32. The number of rotatable bonds is 4. The van der Waals surface area contributed by atoms with Gasteiger partial charge in [-0.2, -0.15) is 18.4 Å². The third-order valence-electron chi connectivity index (χ3n) is 3.39. The Kier molecular flexibility index (Phi) is 4.80. The normalized spacial score (nSPS) is 11.8. The standard InChI is InChI=1S/C14H11ClN4O5S2/c1-7-16-13(15)19-14(17-7)18-11-5-2-8-6-9(25(20)21)3-4-10(8)12(11)26(22,23)24/h2-6,25H,1H3,(H,22,23,24)(H,16,17,18,19). The van der Waals surface area contributed by atoms with Gasteiger partial charge >= 0.3 is 0 Å². The summed E-state index contributed by atoms with van der Waals surface area (Å²) in [5.74, 6) is 0.302. The zero-order chi connectivity index (χ0) is 19.1. The molecular formula is C14H11ClN4O5S2. The van der Waals surface area contributed by atoms with Crippen LogP contribution < -0.4 is 5.32 Å². The number of nitrogens with zero attached hydrogens (tertiary/aromatic N) is 3. The van der Waals surface area contributed by atoms with E-state index >= 15 is 0 Å². The number of thiol groups is 1. The molecule has 0 amide bonds. The van der Waals surface area contributed by atoms with E-state index in [1.807, 2.05) is 0 Å². The van der Waals surface area contributed by atoms with Gasteiger partial charge in [-0.25, -0.2) is 13.4 Å². The lowest BCUT2D eigenvalue weighted by atomic mass is 10.1. The van der Waals surface area contributed by atoms with E-state index in [4.69, 9.17) is 11.6 Å². The maximum absolute atomic E-state index is 11.9. The molecule has 1 heterocycles. The van der Waals surface area contributed by atoms with E-state index < -0.39 is 25.7 Å². The zero-order valence-electron chi connectivity index (χ0n) is 13.0. The van der Waals surface area contributed by atoms with Gasteiger partial charge in [0.2, 0.25) is 11.2 Å². The van der Waals surface area contributed by atoms with Crippen LogP contribution >= 0.6 is 11.6 Å². The second kappa shape index (κ2) is 6.76. The van der Waals surface area contributed by atoms with Crippen molar-refractivity contribution in [2.24, 2.45) is 0 Å². The summed E-state index contributed by atoms with van der Waals surface area (Å²) >= 11 is 5.76. The van der Waals surface area contributed by atoms with Crippen molar-refractivity contribution < 1.29 is 21.4 Å². The first kappa shape index (κ1) is 18.5. The van der Waals surface area contributed by atoms with Crippen molar-refractivity contribution in [3.05, 3.63) is 41.4 Å². The molecule has 0 saturated carbocycles. The van der Waals surface area contributed by atoms with E-state index in [1.165, 1.54) is 30.3 Å². The van der Waals surface area contributed by atoms with Crippen molar-refractivity contribution in [2.75, 3.05) is 5.32 Å². The fourth-order valence-electron chi connectivity index (χ4n) is 2.40. The lowest BCUT2D eigenvalue weighted by molar-refractivity contribution is 0.484. The Morgan fingerprint density at radius 2 is 1.85 bits per heavy atom. The fraction of sp³-hybridized carbons (Fsp3) is 0.0714. The van der Waals surface area contributed by atoms with Gasteiger partial charge in [-0.1, -0.05) is 12.1 Å². The van der Waals surface area contributed by atoms with Crippen LogP contribution in [-0.4, -0.2) is 36.3 Å². The van der Waals surface area contributed by atoms with Crippen molar-refractivity contribution >= 4 is 54.8 Å². The number of nitrogens with one attached hydrogen (secondary N) is 1. The molecule has 26 heavy (non-hydrogen) atoms. The van der Waals surface area contributed by atoms with Gasteiger partial charge in [0.1, 0.15) is 10.7 Å². The number of hydrogen-bond donors (Lipinski definition) is 3. The molecule has 0 fully saturated rings. The molecular weight excluding hydrogens is 404 g/mol. The lowest BCUT2D eigenvalue weighted by Gasteiger charge is -2.12. The monoisotopic (exact) mass is 414 g/mol. The smallest absolute Gasteiger partial charge is 0.297 e. The Morgan fingerprint density at radius 1 is 1.12 bits per heavy atom. The molecule has 3 rings (SSSR count). The van der Waals surface area contributed by atoms with E-state index in [2.05, 4.69) is 20.3 Å². The quantitative estimate of drug-likeness (QED) is 0.431. The first-order valence-electron chi connectivity index (χ1n) is 6.99. The second-order valence-electron chi connectivity index (χ2n) is 5.18. The third kappa shape index (κ3) is 3.75. The van der Waals surface area contributed by atoms with Crippen LogP contribution in [0.3, 0.4) is 0 Å². The number of benzene rings is 2. The van der Waals surface area contributed by atoms with Crippen molar-refractivity contribution in [2.45, 2.75) is 16.7 Å². The molecule has 0 aliphatic rings. The van der Waals surface area contributed by atoms with Gasteiger partial charge < -0.3 is 5.32 Å². The van der Waals surface area contributed by atoms with Crippen molar-refractivity contribution in [3.8, 4) is 0 Å². The first-order chi connectivity index (χ1) is 12.1. The first-order valence-corrected chi connectivity index (χ1v) is 9.98. The van der Waals surface area contributed by atoms with Gasteiger partial charge in [0.05, 0.1) is 10.6 Å². The van der Waals surface area contributed by atoms with Gasteiger partial charge in [0, 0.05) is 5.39 Å². The van der Waals surface area contributed by atoms with Gasteiger partial charge in [0.25, 0.3) is 10.1 Å². The molecule has 3 aromatic rings. The summed E-state index contributed by atoms with van der Waals surface area (Å²) in [6, 6.07) is 6.72. The largest absolute Gasteiger partial charge is 0.323 e. The maximum atomic E-state index is 11.9. The van der Waals surface area contributed by atoms with Crippen LogP contribution in [0.15, 0.2) is 40.1 Å². The molecule has 0 unspecified atom stereocenters. The molecule has 0 spiro atoms. The number of hydrogen-bond acceptors (Lipinski definition) is 8. The second-order valence-corrected chi connectivity index (χ2v) is 7.91. The number of aromatic nitrogens is 3. The molecule has 0 bridgehead atoms. The van der Waals surface area contributed by atoms with Crippen molar-refractivity contribution in [1.82, 2.24) is 15.0 Å². The van der Waals surface area contributed by atoms with Crippen LogP contribution in [0, 0.1) is 6.92 Å². The molecule has 0 radical (unpaired) electrons. The zero-order valence-corrected chi connectivity index (χ0v) is 15.5. The number of halogens is 1. The van der Waals surface area contributed by atoms with Gasteiger partial charge in [0.15, 0.2) is 10.7 Å². The summed E-state index contributed by atoms with van der Waals surface area (Å²) in [6.45, 7) is 1.58. The molecule has 0 aliphatic carbocycles. The predicted molar refractivity (Wildman–Crippen MR) is 95.2 cm³/mol. The minimum Gasteiger partial charge on any atom is -0.323 e. The Labute approximate surface area is 154 Å². The molecule has 12 heteroatoms. The summed E-state index contributed by atoms with van der Waals surface area (Å²) in [5.41, 5.74) is 0.000859. The van der Waals surface area contributed by atoms with Gasteiger partial charge in [-0.3, -0.25) is 4.55 Å². The van der Waals surface area contributed by atoms with Crippen molar-refractivity contribution in [3.63, 3.8) is 0 Å². The molecule has 0 aliphatic heterocycles. The molecule has 1 aromatic heterocycles. The van der Waals surface area contributed by atoms with Crippen LogP contribution in [0.2, 0.25) is 5.28 Å². The van der Waals surface area contributed by atoms with Crippen LogP contribution in [0.1, 0.15) is 5.82 Å². The molecule has 0 atom stereocenters. The number of anilines is 2. The molecule has 2 aromatic carbocycles. The Morgan fingerprint density at radius 3 is 2.46 bits per heavy atom. The van der Waals surface area contributed by atoms with Gasteiger partial charge in [-0.15, -0.1) is 0 Å². The molecule has 9 nitrogen and oxygen atoms in total. The minimum absolute atomic E-state index is 0.000859. The molecule has 136 valence electrons. The van der Waals surface area contributed by atoms with E-state index in [0.29, 0.717) is 11.2 Å². The summed E-state index contributed by atoms with van der Waals surface area (Å²) in [4.78, 5) is 11.2. The summed E-state index contributed by atoms with van der Waals surface area (Å²) in [6.07, 6.45) is 0. The van der Waals surface area contributed by atoms with E-state index in [1.54, 1.807) is 6.92 Å². The van der Waals surface area contributed by atoms with Crippen LogP contribution in [0.4, 0.5) is 11.6 Å². The number of aryl methyl sites for hydroxylation is 1. The SMILES string of the molecule is Cc1nc(Cl)nc(Nc2ccc3cc([SH](=O)=O)ccc3c2S(=O)(=O)O)n1. The highest BCUT2D eigenvalue weighted by molar-refractivity contribution is 7.86. The Hall–Kier alpha value is -2.34. The number of fused-ring (bicyclic) bond motifs is 1. The Bertz CT molecular complexity index is 1180. The fourth-order valence-corrected chi connectivity index (χ4v) is 3.91. The minimum atomic E-state index is -4.65. The Balaban J connectivity index is 2.23. The molecule has 2 N–H and O–H groups in total. The summed E-state index contributed by atoms with van der Waals surface area (Å²) in [5, 5.41) is 3.06. The van der Waals surface area contributed by atoms with E-state index in [-0.39, 0.29) is 27.2 Å². The highest BCUT2D eigenvalue weighted by Gasteiger charge is 2.21. The van der Waals surface area contributed by atoms with E-state index in [0.717, 1.165) is 0 Å². The summed E-state index contributed by atoms with van der Waals surface area (Å²) < 4.78 is 55.8. The van der Waals surface area contributed by atoms with Gasteiger partial charge in [-0.05, 0) is 42.1 Å². The van der Waals surface area contributed by atoms with Crippen LogP contribution in [0.5, 0.6) is 0 Å². The van der Waals surface area contributed by atoms with E-state index in [9.17, 15) is 21.4 Å². The van der Waals surface area contributed by atoms with Crippen molar-refractivity contribution in [1.29, 1.82) is 0 Å². The third-order valence-corrected chi connectivity index (χ3v) is 5.21. The average Bonchev–Trinajstić information content (AvgIpc) is 2.51. The maximum Gasteiger partial charge on any atom is 0.297 e. The lowest BCUT2D eigenvalue weighted by Crippen LogP contribution is -2.07. The highest BCUT2D eigenvalue weighted by atomic mass is 35.5. The van der Waals surface area contributed by atoms with Crippen LogP contribution in [-0.2, 0) is 20.8 Å². The van der Waals surface area contributed by atoms with Crippen LogP contribution in [0.25, 0.3) is 10.8 Å². The molecule has 0 saturated heterocycles. The predicted octanol–water partition coefficient (Wildman–Crippen LogP) is 1.95. The topological polar surface area (TPSA) is 139 Å². The summed E-state index contributed by atoms with van der Waals surface area (Å²) in [7, 11) is -7.48.